The Bertz CT molecular complexity index is 1490. The lowest BCUT2D eigenvalue weighted by Crippen LogP contribution is -2.62. The third-order valence-corrected chi connectivity index (χ3v) is 10.7. The SMILES string of the molecule is CCCCCC[C@@H]1OC(=O)CNC(=O)[C@H](CN)NC(=O)[C@H](CNC(=O)OCc2ccccc2)NC(=O)[C@H](C2CCCCC2)NC(=O)[C@H](CC(C)C)N(C)C(=O)[C@@H]1C. The first kappa shape index (κ1) is 46.7. The van der Waals surface area contributed by atoms with Crippen LogP contribution < -0.4 is 32.3 Å². The second-order valence-corrected chi connectivity index (χ2v) is 15.7. The summed E-state index contributed by atoms with van der Waals surface area (Å²) >= 11 is 0. The summed E-state index contributed by atoms with van der Waals surface area (Å²) in [5.41, 5.74) is 6.62. The molecule has 6 amide bonds. The summed E-state index contributed by atoms with van der Waals surface area (Å²) in [6.07, 6.45) is 6.39. The third-order valence-electron chi connectivity index (χ3n) is 10.7. The van der Waals surface area contributed by atoms with E-state index in [1.54, 1.807) is 31.2 Å². The molecule has 1 saturated heterocycles. The first-order valence-electron chi connectivity index (χ1n) is 20.5. The van der Waals surface area contributed by atoms with E-state index in [0.717, 1.165) is 44.1 Å². The van der Waals surface area contributed by atoms with E-state index >= 15 is 0 Å². The largest absolute Gasteiger partial charge is 0.460 e. The molecule has 1 aliphatic carbocycles. The Hall–Kier alpha value is -4.73. The Morgan fingerprint density at radius 1 is 0.912 bits per heavy atom. The van der Waals surface area contributed by atoms with Crippen molar-refractivity contribution in [2.45, 2.75) is 135 Å². The molecular weight excluding hydrogens is 734 g/mol. The average Bonchev–Trinajstić information content (AvgIpc) is 3.21. The normalized spacial score (nSPS) is 25.2. The van der Waals surface area contributed by atoms with Gasteiger partial charge in [-0.15, -0.1) is 0 Å². The van der Waals surface area contributed by atoms with Crippen molar-refractivity contribution < 1.29 is 43.0 Å². The minimum absolute atomic E-state index is 0.0163. The van der Waals surface area contributed by atoms with E-state index in [9.17, 15) is 33.6 Å². The van der Waals surface area contributed by atoms with Crippen molar-refractivity contribution >= 4 is 41.6 Å². The summed E-state index contributed by atoms with van der Waals surface area (Å²) < 4.78 is 11.1. The number of hydrogen-bond donors (Lipinski definition) is 6. The van der Waals surface area contributed by atoms with Gasteiger partial charge in [0.2, 0.25) is 29.5 Å². The summed E-state index contributed by atoms with van der Waals surface area (Å²) in [5.74, 6) is -5.16. The highest BCUT2D eigenvalue weighted by Gasteiger charge is 2.39. The third kappa shape index (κ3) is 15.3. The van der Waals surface area contributed by atoms with Crippen molar-refractivity contribution in [1.82, 2.24) is 31.5 Å². The molecule has 1 heterocycles. The molecule has 1 saturated carbocycles. The molecule has 0 aromatic heterocycles. The van der Waals surface area contributed by atoms with Crippen molar-refractivity contribution in [3.63, 3.8) is 0 Å². The smallest absolute Gasteiger partial charge is 0.407 e. The lowest BCUT2D eigenvalue weighted by Gasteiger charge is -2.36. The summed E-state index contributed by atoms with van der Waals surface area (Å²) in [6, 6.07) is 4.13. The number of nitrogens with two attached hydrogens (primary N) is 1. The van der Waals surface area contributed by atoms with E-state index in [0.29, 0.717) is 25.7 Å². The number of likely N-dealkylation sites (N-methyl/N-ethyl adjacent to an activating group) is 1. The number of amides is 6. The summed E-state index contributed by atoms with van der Waals surface area (Å²) in [6.45, 7) is 6.17. The van der Waals surface area contributed by atoms with E-state index in [4.69, 9.17) is 15.2 Å². The Morgan fingerprint density at radius 3 is 2.25 bits per heavy atom. The van der Waals surface area contributed by atoms with Crippen LogP contribution in [0, 0.1) is 17.8 Å². The van der Waals surface area contributed by atoms with Gasteiger partial charge in [-0.25, -0.2) is 4.79 Å². The highest BCUT2D eigenvalue weighted by Crippen LogP contribution is 2.28. The minimum atomic E-state index is -1.44. The molecule has 0 unspecified atom stereocenters. The number of nitrogens with one attached hydrogen (secondary N) is 5. The summed E-state index contributed by atoms with van der Waals surface area (Å²) in [7, 11) is 1.54. The average molecular weight is 800 g/mol. The number of alkyl carbamates (subject to hydrolysis) is 1. The minimum Gasteiger partial charge on any atom is -0.460 e. The van der Waals surface area contributed by atoms with Crippen LogP contribution in [0.1, 0.15) is 104 Å². The van der Waals surface area contributed by atoms with Gasteiger partial charge in [0.25, 0.3) is 0 Å². The molecule has 57 heavy (non-hydrogen) atoms. The quantitative estimate of drug-likeness (QED) is 0.126. The number of nitrogens with zero attached hydrogens (tertiary/aromatic N) is 1. The number of ether oxygens (including phenoxy) is 2. The zero-order valence-electron chi connectivity index (χ0n) is 34.3. The number of rotatable bonds is 13. The maximum absolute atomic E-state index is 14.3. The van der Waals surface area contributed by atoms with Crippen LogP contribution in [0.4, 0.5) is 4.79 Å². The fraction of sp³-hybridized carbons (Fsp3) is 0.683. The second-order valence-electron chi connectivity index (χ2n) is 15.7. The number of unbranched alkanes of at least 4 members (excludes halogenated alkanes) is 3. The zero-order chi connectivity index (χ0) is 41.9. The van der Waals surface area contributed by atoms with Crippen LogP contribution in [-0.2, 0) is 44.8 Å². The fourth-order valence-corrected chi connectivity index (χ4v) is 7.25. The molecule has 16 heteroatoms. The van der Waals surface area contributed by atoms with E-state index in [1.165, 1.54) is 11.9 Å². The molecule has 318 valence electrons. The number of cyclic esters (lactones) is 1. The molecule has 16 nitrogen and oxygen atoms in total. The monoisotopic (exact) mass is 799 g/mol. The fourth-order valence-electron chi connectivity index (χ4n) is 7.25. The lowest BCUT2D eigenvalue weighted by molar-refractivity contribution is -0.157. The maximum Gasteiger partial charge on any atom is 0.407 e. The first-order chi connectivity index (χ1) is 27.2. The molecule has 1 aromatic rings. The molecule has 6 atom stereocenters. The highest BCUT2D eigenvalue weighted by molar-refractivity contribution is 5.96. The summed E-state index contributed by atoms with van der Waals surface area (Å²) in [4.78, 5) is 97.1. The predicted molar refractivity (Wildman–Crippen MR) is 213 cm³/mol. The summed E-state index contributed by atoms with van der Waals surface area (Å²) in [5, 5.41) is 13.1. The topological polar surface area (TPSA) is 227 Å². The Balaban J connectivity index is 1.99. The van der Waals surface area contributed by atoms with Crippen molar-refractivity contribution in [1.29, 1.82) is 0 Å². The number of benzene rings is 1. The predicted octanol–water partition coefficient (Wildman–Crippen LogP) is 2.43. The van der Waals surface area contributed by atoms with Gasteiger partial charge >= 0.3 is 12.1 Å². The number of hydrogen-bond acceptors (Lipinski definition) is 10. The van der Waals surface area contributed by atoms with Crippen LogP contribution in [0.15, 0.2) is 30.3 Å². The van der Waals surface area contributed by atoms with Crippen molar-refractivity contribution in [3.05, 3.63) is 35.9 Å². The van der Waals surface area contributed by atoms with Crippen molar-refractivity contribution in [2.24, 2.45) is 23.5 Å². The molecule has 0 radical (unpaired) electrons. The molecule has 3 rings (SSSR count). The van der Waals surface area contributed by atoms with Gasteiger partial charge in [-0.1, -0.05) is 96.6 Å². The zero-order valence-corrected chi connectivity index (χ0v) is 34.3. The molecule has 0 spiro atoms. The van der Waals surface area contributed by atoms with Gasteiger partial charge in [-0.2, -0.15) is 0 Å². The van der Waals surface area contributed by atoms with Crippen LogP contribution in [0.25, 0.3) is 0 Å². The van der Waals surface area contributed by atoms with Gasteiger partial charge in [0.05, 0.1) is 12.5 Å². The number of carbonyl (C=O) groups excluding carboxylic acids is 7. The molecule has 0 bridgehead atoms. The van der Waals surface area contributed by atoms with Gasteiger partial charge in [0.15, 0.2) is 0 Å². The number of carbonyl (C=O) groups is 7. The Labute approximate surface area is 336 Å². The molecule has 7 N–H and O–H groups in total. The van der Waals surface area contributed by atoms with Crippen LogP contribution in [0.3, 0.4) is 0 Å². The van der Waals surface area contributed by atoms with Gasteiger partial charge < -0.3 is 46.7 Å². The van der Waals surface area contributed by atoms with E-state index in [2.05, 4.69) is 33.5 Å². The Kier molecular flexibility index (Phi) is 19.8. The van der Waals surface area contributed by atoms with Gasteiger partial charge in [-0.3, -0.25) is 28.8 Å². The molecule has 2 fully saturated rings. The molecule has 1 aliphatic heterocycles. The van der Waals surface area contributed by atoms with E-state index in [-0.39, 0.29) is 31.4 Å². The number of esters is 1. The standard InChI is InChI=1S/C41H65N7O9/c1-6-7-8-15-20-33-27(4)40(54)48(5)32(21-26(2)3)38(52)47-35(29-18-13-10-14-19-29)39(53)46-31(23-44-41(55)56-25-28-16-11-9-12-17-28)37(51)45-30(22-42)36(50)43-24-34(49)57-33/h9,11-12,16-17,26-27,29-33,35H,6-8,10,13-15,18-25,42H2,1-5H3,(H,43,50)(H,44,55)(H,45,51)(H,46,53)(H,47,52)/t27-,30+,31+,32+,33+,35+/m1/s1. The lowest BCUT2D eigenvalue weighted by atomic mass is 9.83. The highest BCUT2D eigenvalue weighted by atomic mass is 16.6. The van der Waals surface area contributed by atoms with Crippen LogP contribution >= 0.6 is 0 Å². The maximum atomic E-state index is 14.3. The van der Waals surface area contributed by atoms with Crippen molar-refractivity contribution in [2.75, 3.05) is 26.7 Å². The molecule has 2 aliphatic rings. The van der Waals surface area contributed by atoms with E-state index < -0.39 is 90.9 Å². The van der Waals surface area contributed by atoms with Gasteiger partial charge in [0.1, 0.15) is 43.4 Å². The van der Waals surface area contributed by atoms with Crippen LogP contribution in [0.5, 0.6) is 0 Å². The van der Waals surface area contributed by atoms with E-state index in [1.807, 2.05) is 19.9 Å². The second kappa shape index (κ2) is 24.1. The molecule has 1 aromatic carbocycles. The Morgan fingerprint density at radius 2 is 1.60 bits per heavy atom. The van der Waals surface area contributed by atoms with Crippen LogP contribution in [0.2, 0.25) is 0 Å². The van der Waals surface area contributed by atoms with Crippen LogP contribution in [-0.4, -0.2) is 103 Å². The van der Waals surface area contributed by atoms with Gasteiger partial charge in [0, 0.05) is 13.6 Å². The van der Waals surface area contributed by atoms with Crippen molar-refractivity contribution in [3.8, 4) is 0 Å². The first-order valence-corrected chi connectivity index (χ1v) is 20.5. The molecular formula is C41H65N7O9. The van der Waals surface area contributed by atoms with Gasteiger partial charge in [-0.05, 0) is 49.5 Å².